The van der Waals surface area contributed by atoms with Gasteiger partial charge >= 0.3 is 0 Å². The molecule has 0 saturated heterocycles. The highest BCUT2D eigenvalue weighted by Gasteiger charge is 2.11. The number of hydrogen-bond acceptors (Lipinski definition) is 4. The summed E-state index contributed by atoms with van der Waals surface area (Å²) in [4.78, 5) is 16.2. The highest BCUT2D eigenvalue weighted by molar-refractivity contribution is 6.30. The van der Waals surface area contributed by atoms with Crippen LogP contribution in [-0.2, 0) is 17.6 Å². The lowest BCUT2D eigenvalue weighted by atomic mass is 10.1. The van der Waals surface area contributed by atoms with Gasteiger partial charge in [-0.15, -0.1) is 0 Å². The van der Waals surface area contributed by atoms with Gasteiger partial charge < -0.3 is 9.84 Å². The van der Waals surface area contributed by atoms with E-state index in [1.807, 2.05) is 6.07 Å². The number of aromatic nitrogens is 2. The summed E-state index contributed by atoms with van der Waals surface area (Å²) in [5.41, 5.74) is 1.33. The summed E-state index contributed by atoms with van der Waals surface area (Å²) in [5.74, 6) is 0.400. The zero-order valence-electron chi connectivity index (χ0n) is 13.9. The maximum absolute atomic E-state index is 13.5. The average Bonchev–Trinajstić information content (AvgIpc) is 3.11. The summed E-state index contributed by atoms with van der Waals surface area (Å²) in [6.45, 7) is 0.372. The van der Waals surface area contributed by atoms with E-state index in [0.29, 0.717) is 41.7 Å². The van der Waals surface area contributed by atoms with Crippen molar-refractivity contribution in [2.45, 2.75) is 19.3 Å². The normalized spacial score (nSPS) is 10.7. The fourth-order valence-corrected chi connectivity index (χ4v) is 2.64. The second kappa shape index (κ2) is 8.58. The van der Waals surface area contributed by atoms with Crippen LogP contribution in [0.15, 0.2) is 53.1 Å². The van der Waals surface area contributed by atoms with Gasteiger partial charge in [0.15, 0.2) is 0 Å². The van der Waals surface area contributed by atoms with Crippen LogP contribution in [0.2, 0.25) is 5.02 Å². The molecule has 0 atom stereocenters. The zero-order valence-corrected chi connectivity index (χ0v) is 14.7. The van der Waals surface area contributed by atoms with Gasteiger partial charge in [-0.25, -0.2) is 4.39 Å². The molecule has 0 aliphatic carbocycles. The van der Waals surface area contributed by atoms with Gasteiger partial charge in [-0.05, 0) is 30.2 Å². The van der Waals surface area contributed by atoms with Crippen molar-refractivity contribution in [1.29, 1.82) is 0 Å². The Balaban J connectivity index is 1.45. The molecule has 0 aliphatic rings. The van der Waals surface area contributed by atoms with Crippen LogP contribution in [-0.4, -0.2) is 22.6 Å². The molecule has 7 heteroatoms. The molecule has 1 aromatic heterocycles. The number of rotatable bonds is 7. The first-order chi connectivity index (χ1) is 12.6. The third kappa shape index (κ3) is 4.89. The minimum absolute atomic E-state index is 0.149. The van der Waals surface area contributed by atoms with Crippen molar-refractivity contribution in [1.82, 2.24) is 15.5 Å². The van der Waals surface area contributed by atoms with Crippen molar-refractivity contribution in [3.63, 3.8) is 0 Å². The largest absolute Gasteiger partial charge is 0.356 e. The van der Waals surface area contributed by atoms with Crippen LogP contribution in [0.1, 0.15) is 17.9 Å². The van der Waals surface area contributed by atoms with Gasteiger partial charge in [0.2, 0.25) is 17.6 Å². The Kier molecular flexibility index (Phi) is 5.96. The number of carbonyl (C=O) groups excluding carboxylic acids is 1. The highest BCUT2D eigenvalue weighted by Crippen LogP contribution is 2.20. The smallest absolute Gasteiger partial charge is 0.227 e. The van der Waals surface area contributed by atoms with Crippen LogP contribution in [0.3, 0.4) is 0 Å². The van der Waals surface area contributed by atoms with Gasteiger partial charge in [-0.2, -0.15) is 4.98 Å². The molecule has 0 aliphatic heterocycles. The fourth-order valence-electron chi connectivity index (χ4n) is 2.45. The van der Waals surface area contributed by atoms with Gasteiger partial charge in [-0.3, -0.25) is 4.79 Å². The molecule has 0 saturated carbocycles. The Morgan fingerprint density at radius 3 is 2.81 bits per heavy atom. The maximum Gasteiger partial charge on any atom is 0.227 e. The minimum Gasteiger partial charge on any atom is -0.356 e. The zero-order chi connectivity index (χ0) is 18.4. The Labute approximate surface area is 155 Å². The summed E-state index contributed by atoms with van der Waals surface area (Å²) in [6, 6.07) is 13.7. The van der Waals surface area contributed by atoms with E-state index in [1.54, 1.807) is 36.4 Å². The standard InChI is InChI=1S/C19H17ClFN3O2/c20-15-6-3-5-14(12-15)19-23-18(26-24-19)9-8-17(25)22-11-10-13-4-1-2-7-16(13)21/h1-7,12H,8-11H2,(H,22,25). The van der Waals surface area contributed by atoms with E-state index in [9.17, 15) is 9.18 Å². The van der Waals surface area contributed by atoms with Gasteiger partial charge in [0.1, 0.15) is 5.82 Å². The Bertz CT molecular complexity index is 898. The minimum atomic E-state index is -0.263. The molecule has 0 bridgehead atoms. The Hall–Kier alpha value is -2.73. The second-order valence-corrected chi connectivity index (χ2v) is 6.15. The van der Waals surface area contributed by atoms with Crippen LogP contribution >= 0.6 is 11.6 Å². The number of aryl methyl sites for hydroxylation is 1. The molecule has 0 spiro atoms. The topological polar surface area (TPSA) is 68.0 Å². The summed E-state index contributed by atoms with van der Waals surface area (Å²) < 4.78 is 18.7. The predicted molar refractivity (Wildman–Crippen MR) is 96.2 cm³/mol. The van der Waals surface area contributed by atoms with E-state index >= 15 is 0 Å². The first-order valence-electron chi connectivity index (χ1n) is 8.20. The number of hydrogen-bond donors (Lipinski definition) is 1. The molecule has 134 valence electrons. The van der Waals surface area contributed by atoms with Crippen LogP contribution in [0.25, 0.3) is 11.4 Å². The molecule has 1 heterocycles. The molecule has 1 N–H and O–H groups in total. The van der Waals surface area contributed by atoms with Crippen molar-refractivity contribution in [2.75, 3.05) is 6.54 Å². The highest BCUT2D eigenvalue weighted by atomic mass is 35.5. The lowest BCUT2D eigenvalue weighted by molar-refractivity contribution is -0.121. The molecule has 1 amide bonds. The molecule has 0 fully saturated rings. The molecular formula is C19H17ClFN3O2. The summed E-state index contributed by atoms with van der Waals surface area (Å²) in [6.07, 6.45) is 0.992. The molecule has 3 aromatic rings. The third-order valence-electron chi connectivity index (χ3n) is 3.79. The number of halogens is 2. The van der Waals surface area contributed by atoms with Crippen LogP contribution in [0.4, 0.5) is 4.39 Å². The van der Waals surface area contributed by atoms with E-state index in [2.05, 4.69) is 15.5 Å². The van der Waals surface area contributed by atoms with E-state index in [4.69, 9.17) is 16.1 Å². The van der Waals surface area contributed by atoms with Gasteiger partial charge in [0, 0.05) is 30.0 Å². The van der Waals surface area contributed by atoms with Crippen molar-refractivity contribution in [3.8, 4) is 11.4 Å². The number of benzene rings is 2. The molecule has 26 heavy (non-hydrogen) atoms. The molecule has 0 unspecified atom stereocenters. The van der Waals surface area contributed by atoms with Crippen molar-refractivity contribution in [2.24, 2.45) is 0 Å². The first-order valence-corrected chi connectivity index (χ1v) is 8.58. The summed E-state index contributed by atoms with van der Waals surface area (Å²) in [7, 11) is 0. The number of carbonyl (C=O) groups is 1. The van der Waals surface area contributed by atoms with Gasteiger partial charge in [-0.1, -0.05) is 47.1 Å². The van der Waals surface area contributed by atoms with Crippen molar-refractivity contribution >= 4 is 17.5 Å². The van der Waals surface area contributed by atoms with Crippen molar-refractivity contribution < 1.29 is 13.7 Å². The number of nitrogens with zero attached hydrogens (tertiary/aromatic N) is 2. The molecular weight excluding hydrogens is 357 g/mol. The average molecular weight is 374 g/mol. The second-order valence-electron chi connectivity index (χ2n) is 5.71. The van der Waals surface area contributed by atoms with Crippen LogP contribution in [0.5, 0.6) is 0 Å². The van der Waals surface area contributed by atoms with E-state index in [-0.39, 0.29) is 18.1 Å². The fraction of sp³-hybridized carbons (Fsp3) is 0.211. The summed E-state index contributed by atoms with van der Waals surface area (Å²) in [5, 5.41) is 7.25. The van der Waals surface area contributed by atoms with Crippen LogP contribution in [0, 0.1) is 5.82 Å². The maximum atomic E-state index is 13.5. The SMILES string of the molecule is O=C(CCc1nc(-c2cccc(Cl)c2)no1)NCCc1ccccc1F. The van der Waals surface area contributed by atoms with Gasteiger partial charge in [0.05, 0.1) is 0 Å². The lowest BCUT2D eigenvalue weighted by Crippen LogP contribution is -2.26. The lowest BCUT2D eigenvalue weighted by Gasteiger charge is -2.05. The Morgan fingerprint density at radius 1 is 1.15 bits per heavy atom. The van der Waals surface area contributed by atoms with Crippen molar-refractivity contribution in [3.05, 3.63) is 70.8 Å². The van der Waals surface area contributed by atoms with E-state index in [0.717, 1.165) is 5.56 Å². The third-order valence-corrected chi connectivity index (χ3v) is 4.03. The van der Waals surface area contributed by atoms with Crippen LogP contribution < -0.4 is 5.32 Å². The number of amides is 1. The molecule has 0 radical (unpaired) electrons. The quantitative estimate of drug-likeness (QED) is 0.683. The van der Waals surface area contributed by atoms with E-state index in [1.165, 1.54) is 6.07 Å². The summed E-state index contributed by atoms with van der Waals surface area (Å²) >= 11 is 5.94. The molecule has 5 nitrogen and oxygen atoms in total. The monoisotopic (exact) mass is 373 g/mol. The number of nitrogens with one attached hydrogen (secondary N) is 1. The Morgan fingerprint density at radius 2 is 2.00 bits per heavy atom. The first kappa shape index (κ1) is 18.1. The van der Waals surface area contributed by atoms with E-state index < -0.39 is 0 Å². The predicted octanol–water partition coefficient (Wildman–Crippen LogP) is 3.82. The van der Waals surface area contributed by atoms with Gasteiger partial charge in [0.25, 0.3) is 0 Å². The molecule has 3 rings (SSSR count). The molecule has 2 aromatic carbocycles.